The third kappa shape index (κ3) is 15.2. The minimum absolute atomic E-state index is 0.0194. The molecule has 0 aliphatic heterocycles. The molecule has 1 unspecified atom stereocenters. The van der Waals surface area contributed by atoms with Crippen molar-refractivity contribution in [2.75, 3.05) is 65.6 Å². The fourth-order valence-electron chi connectivity index (χ4n) is 4.38. The maximum absolute atomic E-state index is 11.6. The van der Waals surface area contributed by atoms with Gasteiger partial charge < -0.3 is 29.7 Å². The van der Waals surface area contributed by atoms with Gasteiger partial charge in [-0.25, -0.2) is 9.45 Å². The highest BCUT2D eigenvalue weighted by Crippen LogP contribution is 2.38. The summed E-state index contributed by atoms with van der Waals surface area (Å²) in [5.74, 6) is -4.65. The maximum Gasteiger partial charge on any atom is 0.524 e. The second-order valence-corrected chi connectivity index (χ2v) is 11.1. The Hall–Kier alpha value is -4.13. The summed E-state index contributed by atoms with van der Waals surface area (Å²) in [6, 6.07) is 11.8. The number of benzene rings is 2. The molecule has 0 aromatic heterocycles. The molecular weight excluding hydrogens is 637 g/mol. The number of aliphatic carboxylic acids is 4. The normalized spacial score (nSPS) is 12.3. The maximum atomic E-state index is 11.6. The molecule has 7 N–H and O–H groups in total. The number of hydrogen-bond acceptors (Lipinski definition) is 12. The lowest BCUT2D eigenvalue weighted by atomic mass is 10.1. The van der Waals surface area contributed by atoms with Gasteiger partial charge in [-0.15, -0.1) is 0 Å². The Bertz CT molecular complexity index is 1320. The van der Waals surface area contributed by atoms with Gasteiger partial charge in [0.25, 0.3) is 0 Å². The van der Waals surface area contributed by atoms with Crippen molar-refractivity contribution in [1.29, 1.82) is 0 Å². The van der Waals surface area contributed by atoms with Crippen LogP contribution in [0.4, 0.5) is 0 Å². The zero-order valence-electron chi connectivity index (χ0n) is 24.5. The molecule has 46 heavy (non-hydrogen) atoms. The predicted molar refractivity (Wildman–Crippen MR) is 157 cm³/mol. The highest BCUT2D eigenvalue weighted by Gasteiger charge is 2.26. The van der Waals surface area contributed by atoms with Crippen molar-refractivity contribution < 1.29 is 73.4 Å². The SMILES string of the molecule is O=C(O)CN(CCN(CC(=O)O)CC(COc1ccc(-c2ccc(OP(=O)(O)O)cc2)cc1)N(CCOO)CC(=O)O)CC(=O)O. The highest BCUT2D eigenvalue weighted by atomic mass is 31.2. The average Bonchev–Trinajstić information content (AvgIpc) is 2.95. The largest absolute Gasteiger partial charge is 0.524 e. The zero-order chi connectivity index (χ0) is 34.3. The minimum Gasteiger partial charge on any atom is -0.492 e. The van der Waals surface area contributed by atoms with Gasteiger partial charge in [-0.1, -0.05) is 24.3 Å². The predicted octanol–water partition coefficient (Wildman–Crippen LogP) is 0.307. The summed E-state index contributed by atoms with van der Waals surface area (Å²) in [5, 5.41) is 46.1. The van der Waals surface area contributed by atoms with Crippen molar-refractivity contribution in [3.05, 3.63) is 48.5 Å². The van der Waals surface area contributed by atoms with Crippen LogP contribution in [0.2, 0.25) is 0 Å². The summed E-state index contributed by atoms with van der Waals surface area (Å²) in [6.45, 7) is -3.06. The first-order chi connectivity index (χ1) is 21.6. The number of carboxylic acids is 4. The average molecular weight is 674 g/mol. The van der Waals surface area contributed by atoms with Gasteiger partial charge in [0.05, 0.1) is 38.8 Å². The number of nitrogens with zero attached hydrogens (tertiary/aromatic N) is 3. The zero-order valence-corrected chi connectivity index (χ0v) is 25.3. The molecule has 0 fully saturated rings. The molecule has 1 atom stereocenters. The van der Waals surface area contributed by atoms with Crippen LogP contribution in [0.5, 0.6) is 11.5 Å². The Morgan fingerprint density at radius 3 is 1.59 bits per heavy atom. The van der Waals surface area contributed by atoms with Crippen LogP contribution in [0.25, 0.3) is 11.1 Å². The fourth-order valence-corrected chi connectivity index (χ4v) is 4.78. The van der Waals surface area contributed by atoms with E-state index < -0.39 is 63.9 Å². The summed E-state index contributed by atoms with van der Waals surface area (Å²) < 4.78 is 21.5. The molecule has 254 valence electrons. The minimum atomic E-state index is -4.70. The van der Waals surface area contributed by atoms with Gasteiger partial charge in [0.15, 0.2) is 0 Å². The third-order valence-electron chi connectivity index (χ3n) is 6.31. The quantitative estimate of drug-likeness (QED) is 0.0475. The molecule has 0 spiro atoms. The van der Waals surface area contributed by atoms with Crippen LogP contribution in [0.1, 0.15) is 0 Å². The first-order valence-electron chi connectivity index (χ1n) is 13.6. The van der Waals surface area contributed by atoms with E-state index in [4.69, 9.17) is 30.0 Å². The number of phosphoric acid groups is 1. The van der Waals surface area contributed by atoms with Crippen LogP contribution in [0.3, 0.4) is 0 Å². The van der Waals surface area contributed by atoms with Gasteiger partial charge in [0.2, 0.25) is 0 Å². The van der Waals surface area contributed by atoms with Crippen molar-refractivity contribution in [2.24, 2.45) is 0 Å². The van der Waals surface area contributed by atoms with E-state index in [0.717, 1.165) is 10.5 Å². The lowest BCUT2D eigenvalue weighted by Crippen LogP contribution is -2.52. The molecule has 0 aliphatic rings. The van der Waals surface area contributed by atoms with Gasteiger partial charge >= 0.3 is 31.7 Å². The number of carbonyl (C=O) groups is 4. The van der Waals surface area contributed by atoms with Crippen molar-refractivity contribution in [3.8, 4) is 22.6 Å². The van der Waals surface area contributed by atoms with Crippen LogP contribution in [-0.4, -0.2) is 146 Å². The topological polar surface area (TPSA) is 264 Å². The van der Waals surface area contributed by atoms with E-state index in [9.17, 15) is 34.0 Å². The summed E-state index contributed by atoms with van der Waals surface area (Å²) >= 11 is 0. The molecular formula is C27H36N3O15P. The van der Waals surface area contributed by atoms with Crippen LogP contribution < -0.4 is 9.26 Å². The highest BCUT2D eigenvalue weighted by molar-refractivity contribution is 7.46. The molecule has 0 saturated carbocycles. The molecule has 0 aliphatic carbocycles. The third-order valence-corrected chi connectivity index (χ3v) is 6.76. The molecule has 18 nitrogen and oxygen atoms in total. The van der Waals surface area contributed by atoms with E-state index >= 15 is 0 Å². The van der Waals surface area contributed by atoms with Crippen LogP contribution >= 0.6 is 7.82 Å². The van der Waals surface area contributed by atoms with E-state index in [1.807, 2.05) is 0 Å². The van der Waals surface area contributed by atoms with Gasteiger partial charge in [-0.3, -0.25) is 48.9 Å². The fraction of sp³-hybridized carbons (Fsp3) is 0.407. The van der Waals surface area contributed by atoms with Crippen LogP contribution in [0, 0.1) is 0 Å². The molecule has 2 aromatic carbocycles. The Labute approximate surface area is 262 Å². The molecule has 2 aromatic rings. The molecule has 2 rings (SSSR count). The number of ether oxygens (including phenoxy) is 1. The van der Waals surface area contributed by atoms with Crippen LogP contribution in [0.15, 0.2) is 48.5 Å². The first kappa shape index (κ1) is 38.1. The van der Waals surface area contributed by atoms with Gasteiger partial charge in [-0.05, 0) is 35.4 Å². The molecule has 0 bridgehead atoms. The second-order valence-electron chi connectivity index (χ2n) is 9.92. The Morgan fingerprint density at radius 1 is 0.674 bits per heavy atom. The van der Waals surface area contributed by atoms with Gasteiger partial charge in [0, 0.05) is 26.2 Å². The molecule has 0 saturated heterocycles. The second kappa shape index (κ2) is 18.7. The van der Waals surface area contributed by atoms with Gasteiger partial charge in [0.1, 0.15) is 18.1 Å². The lowest BCUT2D eigenvalue weighted by Gasteiger charge is -2.34. The summed E-state index contributed by atoms with van der Waals surface area (Å²) in [7, 11) is -4.70. The Balaban J connectivity index is 2.23. The molecule has 19 heteroatoms. The lowest BCUT2D eigenvalue weighted by molar-refractivity contribution is -0.244. The standard InChI is InChI=1S/C27H36N3O15P/c31-24(32)14-28(9-10-29(15-25(33)34)16-26(35)36)13-21(30(11-12-44-39)17-27(37)38)18-43-22-5-1-19(2-6-22)20-3-7-23(8-4-20)45-46(40,41)42/h1-8,21,39H,9-18H2,(H,31,32)(H,33,34)(H,35,36)(H,37,38)(H2,40,41,42). The van der Waals surface area contributed by atoms with E-state index in [1.165, 1.54) is 21.9 Å². The van der Waals surface area contributed by atoms with Crippen LogP contribution in [-0.2, 0) is 28.6 Å². The first-order valence-corrected chi connectivity index (χ1v) is 15.1. The smallest absolute Gasteiger partial charge is 0.492 e. The Morgan fingerprint density at radius 2 is 1.13 bits per heavy atom. The summed E-state index contributed by atoms with van der Waals surface area (Å²) in [4.78, 5) is 71.6. The number of rotatable bonds is 23. The van der Waals surface area contributed by atoms with Crippen molar-refractivity contribution >= 4 is 31.7 Å². The van der Waals surface area contributed by atoms with Gasteiger partial charge in [-0.2, -0.15) is 0 Å². The van der Waals surface area contributed by atoms with E-state index in [2.05, 4.69) is 9.41 Å². The summed E-state index contributed by atoms with van der Waals surface area (Å²) in [6.07, 6.45) is 0. The van der Waals surface area contributed by atoms with E-state index in [0.29, 0.717) is 11.3 Å². The van der Waals surface area contributed by atoms with E-state index in [1.54, 1.807) is 36.4 Å². The van der Waals surface area contributed by atoms with Crippen molar-refractivity contribution in [1.82, 2.24) is 14.7 Å². The Kier molecular flexibility index (Phi) is 15.5. The van der Waals surface area contributed by atoms with E-state index in [-0.39, 0.29) is 45.1 Å². The molecule has 0 amide bonds. The molecule has 0 heterocycles. The number of hydrogen-bond donors (Lipinski definition) is 7. The summed E-state index contributed by atoms with van der Waals surface area (Å²) in [5.41, 5.74) is 1.42. The molecule has 0 radical (unpaired) electrons. The monoisotopic (exact) mass is 673 g/mol. The number of phosphoric ester groups is 1. The number of carboxylic acid groups (broad SMARTS) is 4. The van der Waals surface area contributed by atoms with Crippen molar-refractivity contribution in [2.45, 2.75) is 6.04 Å². The van der Waals surface area contributed by atoms with Crippen molar-refractivity contribution in [3.63, 3.8) is 0 Å².